The summed E-state index contributed by atoms with van der Waals surface area (Å²) in [7, 11) is 0. The van der Waals surface area contributed by atoms with Crippen LogP contribution < -0.4 is 4.74 Å². The van der Waals surface area contributed by atoms with Gasteiger partial charge in [0.2, 0.25) is 5.88 Å². The quantitative estimate of drug-likeness (QED) is 0.777. The second-order valence-electron chi connectivity index (χ2n) is 2.26. The summed E-state index contributed by atoms with van der Waals surface area (Å²) in [5.41, 5.74) is 0. The van der Waals surface area contributed by atoms with E-state index in [0.717, 1.165) is 12.3 Å². The minimum atomic E-state index is -4.38. The van der Waals surface area contributed by atoms with Crippen LogP contribution in [0.1, 0.15) is 0 Å². The van der Waals surface area contributed by atoms with E-state index in [9.17, 15) is 13.2 Å². The summed E-state index contributed by atoms with van der Waals surface area (Å²) in [6.45, 7) is -1.38. The van der Waals surface area contributed by atoms with E-state index in [2.05, 4.69) is 9.72 Å². The SMILES string of the molecule is Oc1ccc(OCC(F)(F)F)nc1. The molecule has 0 radical (unpaired) electrons. The number of rotatable bonds is 2. The third-order valence-electron chi connectivity index (χ3n) is 1.10. The van der Waals surface area contributed by atoms with E-state index in [1.807, 2.05) is 0 Å². The number of nitrogens with zero attached hydrogens (tertiary/aromatic N) is 1. The Labute approximate surface area is 71.8 Å². The highest BCUT2D eigenvalue weighted by atomic mass is 19.4. The summed E-state index contributed by atoms with van der Waals surface area (Å²) in [5, 5.41) is 8.74. The molecule has 1 N–H and O–H groups in total. The van der Waals surface area contributed by atoms with Crippen molar-refractivity contribution >= 4 is 0 Å². The van der Waals surface area contributed by atoms with Gasteiger partial charge in [0, 0.05) is 6.07 Å². The summed E-state index contributed by atoms with van der Waals surface area (Å²) in [5.74, 6) is -0.297. The predicted molar refractivity (Wildman–Crippen MR) is 37.5 cm³/mol. The molecule has 0 aliphatic heterocycles. The summed E-state index contributed by atoms with van der Waals surface area (Å²) < 4.78 is 39.1. The van der Waals surface area contributed by atoms with Gasteiger partial charge in [0.25, 0.3) is 0 Å². The number of pyridine rings is 1. The van der Waals surface area contributed by atoms with Crippen molar-refractivity contribution < 1.29 is 23.0 Å². The normalized spacial score (nSPS) is 11.3. The average molecular weight is 193 g/mol. The number of hydrogen-bond donors (Lipinski definition) is 1. The Morgan fingerprint density at radius 1 is 1.38 bits per heavy atom. The molecule has 1 heterocycles. The lowest BCUT2D eigenvalue weighted by Crippen LogP contribution is -2.19. The Kier molecular flexibility index (Phi) is 2.60. The zero-order valence-electron chi connectivity index (χ0n) is 6.38. The second-order valence-corrected chi connectivity index (χ2v) is 2.26. The molecule has 0 aliphatic carbocycles. The van der Waals surface area contributed by atoms with Crippen molar-refractivity contribution in [3.05, 3.63) is 18.3 Å². The Hall–Kier alpha value is -1.46. The van der Waals surface area contributed by atoms with E-state index in [1.165, 1.54) is 6.07 Å². The molecule has 13 heavy (non-hydrogen) atoms. The molecule has 0 atom stereocenters. The van der Waals surface area contributed by atoms with Gasteiger partial charge in [-0.05, 0) is 6.07 Å². The molecular weight excluding hydrogens is 187 g/mol. The molecule has 0 aliphatic rings. The molecule has 0 spiro atoms. The van der Waals surface area contributed by atoms with Crippen molar-refractivity contribution in [3.8, 4) is 11.6 Å². The minimum absolute atomic E-state index is 0.126. The smallest absolute Gasteiger partial charge is 0.422 e. The first kappa shape index (κ1) is 9.63. The lowest BCUT2D eigenvalue weighted by atomic mass is 10.4. The van der Waals surface area contributed by atoms with Crippen molar-refractivity contribution in [3.63, 3.8) is 0 Å². The molecule has 0 bridgehead atoms. The van der Waals surface area contributed by atoms with Crippen molar-refractivity contribution in [2.45, 2.75) is 6.18 Å². The zero-order chi connectivity index (χ0) is 9.90. The second kappa shape index (κ2) is 3.51. The van der Waals surface area contributed by atoms with Crippen LogP contribution >= 0.6 is 0 Å². The third kappa shape index (κ3) is 3.64. The van der Waals surface area contributed by atoms with Crippen LogP contribution in [0.15, 0.2) is 18.3 Å². The average Bonchev–Trinajstić information content (AvgIpc) is 2.02. The van der Waals surface area contributed by atoms with Crippen LogP contribution in [0.5, 0.6) is 11.6 Å². The molecule has 0 saturated carbocycles. The predicted octanol–water partition coefficient (Wildman–Crippen LogP) is 1.73. The van der Waals surface area contributed by atoms with E-state index in [1.54, 1.807) is 0 Å². The molecule has 0 amide bonds. The summed E-state index contributed by atoms with van der Waals surface area (Å²) >= 11 is 0. The Balaban J connectivity index is 2.51. The van der Waals surface area contributed by atoms with Crippen LogP contribution in [0.3, 0.4) is 0 Å². The fraction of sp³-hybridized carbons (Fsp3) is 0.286. The molecule has 1 rings (SSSR count). The lowest BCUT2D eigenvalue weighted by Gasteiger charge is -2.07. The van der Waals surface area contributed by atoms with Crippen LogP contribution in [-0.2, 0) is 0 Å². The molecule has 0 aromatic carbocycles. The molecule has 72 valence electrons. The first-order valence-corrected chi connectivity index (χ1v) is 3.32. The fourth-order valence-corrected chi connectivity index (χ4v) is 0.614. The summed E-state index contributed by atoms with van der Waals surface area (Å²) in [6.07, 6.45) is -3.37. The molecule has 0 unspecified atom stereocenters. The summed E-state index contributed by atoms with van der Waals surface area (Å²) in [6, 6.07) is 2.35. The van der Waals surface area contributed by atoms with Crippen LogP contribution in [0, 0.1) is 0 Å². The largest absolute Gasteiger partial charge is 0.506 e. The van der Waals surface area contributed by atoms with Crippen molar-refractivity contribution in [2.24, 2.45) is 0 Å². The van der Waals surface area contributed by atoms with Crippen LogP contribution in [0.25, 0.3) is 0 Å². The molecule has 1 aromatic heterocycles. The Morgan fingerprint density at radius 3 is 2.54 bits per heavy atom. The molecule has 1 aromatic rings. The molecule has 0 fully saturated rings. The Bertz CT molecular complexity index is 270. The van der Waals surface area contributed by atoms with E-state index >= 15 is 0 Å². The Morgan fingerprint density at radius 2 is 2.08 bits per heavy atom. The van der Waals surface area contributed by atoms with Gasteiger partial charge in [0.1, 0.15) is 5.75 Å². The number of ether oxygens (including phenoxy) is 1. The van der Waals surface area contributed by atoms with E-state index in [4.69, 9.17) is 5.11 Å². The van der Waals surface area contributed by atoms with Crippen molar-refractivity contribution in [1.29, 1.82) is 0 Å². The maximum Gasteiger partial charge on any atom is 0.422 e. The molecule has 0 saturated heterocycles. The van der Waals surface area contributed by atoms with Crippen molar-refractivity contribution in [1.82, 2.24) is 4.98 Å². The lowest BCUT2D eigenvalue weighted by molar-refractivity contribution is -0.154. The number of halogens is 3. The number of aromatic hydroxyl groups is 1. The van der Waals surface area contributed by atoms with E-state index in [0.29, 0.717) is 0 Å². The van der Waals surface area contributed by atoms with Crippen LogP contribution in [-0.4, -0.2) is 22.9 Å². The first-order valence-electron chi connectivity index (χ1n) is 3.32. The number of aromatic nitrogens is 1. The van der Waals surface area contributed by atoms with Crippen molar-refractivity contribution in [2.75, 3.05) is 6.61 Å². The van der Waals surface area contributed by atoms with Gasteiger partial charge in [-0.25, -0.2) is 4.98 Å². The van der Waals surface area contributed by atoms with Gasteiger partial charge >= 0.3 is 6.18 Å². The van der Waals surface area contributed by atoms with Gasteiger partial charge in [-0.2, -0.15) is 13.2 Å². The highest BCUT2D eigenvalue weighted by Crippen LogP contribution is 2.17. The van der Waals surface area contributed by atoms with Gasteiger partial charge in [0.15, 0.2) is 6.61 Å². The highest BCUT2D eigenvalue weighted by molar-refractivity contribution is 5.21. The maximum absolute atomic E-state index is 11.6. The zero-order valence-corrected chi connectivity index (χ0v) is 6.38. The summed E-state index contributed by atoms with van der Waals surface area (Å²) in [4.78, 5) is 3.41. The van der Waals surface area contributed by atoms with Crippen LogP contribution in [0.2, 0.25) is 0 Å². The van der Waals surface area contributed by atoms with Gasteiger partial charge < -0.3 is 9.84 Å². The van der Waals surface area contributed by atoms with Gasteiger partial charge in [0.05, 0.1) is 6.20 Å². The topological polar surface area (TPSA) is 42.4 Å². The first-order chi connectivity index (χ1) is 5.97. The number of hydrogen-bond acceptors (Lipinski definition) is 3. The fourth-order valence-electron chi connectivity index (χ4n) is 0.614. The maximum atomic E-state index is 11.6. The molecule has 6 heteroatoms. The van der Waals surface area contributed by atoms with Gasteiger partial charge in [-0.3, -0.25) is 0 Å². The van der Waals surface area contributed by atoms with Gasteiger partial charge in [-0.15, -0.1) is 0 Å². The van der Waals surface area contributed by atoms with E-state index < -0.39 is 12.8 Å². The monoisotopic (exact) mass is 193 g/mol. The van der Waals surface area contributed by atoms with E-state index in [-0.39, 0.29) is 11.6 Å². The van der Waals surface area contributed by atoms with Gasteiger partial charge in [-0.1, -0.05) is 0 Å². The molecular formula is C7H6F3NO2. The minimum Gasteiger partial charge on any atom is -0.506 e. The third-order valence-corrected chi connectivity index (χ3v) is 1.10. The van der Waals surface area contributed by atoms with Crippen LogP contribution in [0.4, 0.5) is 13.2 Å². The molecule has 3 nitrogen and oxygen atoms in total. The number of alkyl halides is 3. The highest BCUT2D eigenvalue weighted by Gasteiger charge is 2.28. The standard InChI is InChI=1S/C7H6F3NO2/c8-7(9,10)4-13-6-2-1-5(12)3-11-6/h1-3,12H,4H2.